The second kappa shape index (κ2) is 7.82. The molecule has 4 nitrogen and oxygen atoms in total. The topological polar surface area (TPSA) is 64.3 Å². The molecule has 0 aromatic heterocycles. The Kier molecular flexibility index (Phi) is 6.41. The van der Waals surface area contributed by atoms with Crippen LogP contribution in [0, 0.1) is 0 Å². The van der Waals surface area contributed by atoms with Gasteiger partial charge in [0.15, 0.2) is 5.75 Å². The van der Waals surface area contributed by atoms with Crippen molar-refractivity contribution in [3.63, 3.8) is 0 Å². The highest BCUT2D eigenvalue weighted by atomic mass is 32.2. The molecule has 0 saturated heterocycles. The van der Waals surface area contributed by atoms with Crippen LogP contribution in [-0.4, -0.2) is 30.3 Å². The van der Waals surface area contributed by atoms with Gasteiger partial charge in [0.2, 0.25) is 0 Å². The van der Waals surface area contributed by atoms with E-state index in [4.69, 9.17) is 5.73 Å². The number of carbonyl (C=O) groups excluding carboxylic acids is 1. The second-order valence-electron chi connectivity index (χ2n) is 3.92. The lowest BCUT2D eigenvalue weighted by Crippen LogP contribution is -2.26. The fraction of sp³-hybridized carbons (Fsp3) is 0.308. The standard InChI is InChI=1S/C13H15F3N2O2S/c1-2-6-21-7-5-18-12(19)9-3-4-11(10(17)8-9)20-13(14,15)16/h2-4,8H,1,5-7,17H2,(H,18,19). The van der Waals surface area contributed by atoms with Crippen molar-refractivity contribution in [3.8, 4) is 5.75 Å². The Hall–Kier alpha value is -1.83. The predicted octanol–water partition coefficient (Wildman–Crippen LogP) is 2.82. The molecular formula is C13H15F3N2O2S. The fourth-order valence-corrected chi connectivity index (χ4v) is 1.99. The predicted molar refractivity (Wildman–Crippen MR) is 77.4 cm³/mol. The first-order chi connectivity index (χ1) is 9.83. The molecule has 0 aliphatic rings. The maximum Gasteiger partial charge on any atom is 0.573 e. The van der Waals surface area contributed by atoms with E-state index in [0.717, 1.165) is 17.9 Å². The van der Waals surface area contributed by atoms with Crippen LogP contribution in [0.2, 0.25) is 0 Å². The number of rotatable bonds is 7. The molecule has 1 amide bonds. The quantitative estimate of drug-likeness (QED) is 0.461. The number of nitrogen functional groups attached to an aromatic ring is 1. The Balaban J connectivity index is 2.58. The summed E-state index contributed by atoms with van der Waals surface area (Å²) in [4.78, 5) is 11.8. The summed E-state index contributed by atoms with van der Waals surface area (Å²) in [6.07, 6.45) is -3.06. The third-order valence-electron chi connectivity index (χ3n) is 2.27. The Bertz CT molecular complexity index is 507. The SMILES string of the molecule is C=CCSCCNC(=O)c1ccc(OC(F)(F)F)c(N)c1. The maximum atomic E-state index is 12.1. The third-order valence-corrected chi connectivity index (χ3v) is 3.23. The van der Waals surface area contributed by atoms with Crippen molar-refractivity contribution in [2.75, 3.05) is 23.8 Å². The maximum absolute atomic E-state index is 12.1. The Labute approximate surface area is 124 Å². The number of hydrogen-bond acceptors (Lipinski definition) is 4. The van der Waals surface area contributed by atoms with Gasteiger partial charge in [0.05, 0.1) is 5.69 Å². The lowest BCUT2D eigenvalue weighted by molar-refractivity contribution is -0.274. The van der Waals surface area contributed by atoms with Crippen molar-refractivity contribution in [2.45, 2.75) is 6.36 Å². The van der Waals surface area contributed by atoms with Crippen molar-refractivity contribution in [3.05, 3.63) is 36.4 Å². The highest BCUT2D eigenvalue weighted by Gasteiger charge is 2.32. The average molecular weight is 320 g/mol. The van der Waals surface area contributed by atoms with Crippen LogP contribution in [0.4, 0.5) is 18.9 Å². The van der Waals surface area contributed by atoms with Crippen LogP contribution in [0.5, 0.6) is 5.75 Å². The average Bonchev–Trinajstić information content (AvgIpc) is 2.39. The monoisotopic (exact) mass is 320 g/mol. The minimum Gasteiger partial charge on any atom is -0.404 e. The number of thioether (sulfide) groups is 1. The molecule has 0 aliphatic carbocycles. The summed E-state index contributed by atoms with van der Waals surface area (Å²) in [6.45, 7) is 4.01. The molecule has 0 atom stereocenters. The molecule has 21 heavy (non-hydrogen) atoms. The van der Waals surface area contributed by atoms with Gasteiger partial charge in [0, 0.05) is 23.6 Å². The van der Waals surface area contributed by atoms with Crippen molar-refractivity contribution >= 4 is 23.4 Å². The van der Waals surface area contributed by atoms with E-state index >= 15 is 0 Å². The van der Waals surface area contributed by atoms with E-state index < -0.39 is 18.0 Å². The number of nitrogens with two attached hydrogens (primary N) is 1. The van der Waals surface area contributed by atoms with Gasteiger partial charge in [-0.25, -0.2) is 0 Å². The van der Waals surface area contributed by atoms with E-state index in [1.807, 2.05) is 0 Å². The minimum absolute atomic E-state index is 0.177. The summed E-state index contributed by atoms with van der Waals surface area (Å²) in [5.74, 6) is 0.564. The molecular weight excluding hydrogens is 305 g/mol. The van der Waals surface area contributed by atoms with Crippen LogP contribution in [0.25, 0.3) is 0 Å². The molecule has 8 heteroatoms. The zero-order valence-electron chi connectivity index (χ0n) is 11.1. The van der Waals surface area contributed by atoms with Crippen LogP contribution in [0.1, 0.15) is 10.4 Å². The first-order valence-electron chi connectivity index (χ1n) is 5.95. The summed E-state index contributed by atoms with van der Waals surface area (Å²) >= 11 is 1.60. The summed E-state index contributed by atoms with van der Waals surface area (Å²) in [6, 6.07) is 3.39. The van der Waals surface area contributed by atoms with E-state index in [0.29, 0.717) is 12.3 Å². The van der Waals surface area contributed by atoms with Gasteiger partial charge in [-0.05, 0) is 18.2 Å². The molecule has 3 N–H and O–H groups in total. The molecule has 0 unspecified atom stereocenters. The molecule has 0 fully saturated rings. The molecule has 0 heterocycles. The summed E-state index contributed by atoms with van der Waals surface area (Å²) in [5, 5.41) is 2.64. The molecule has 0 spiro atoms. The van der Waals surface area contributed by atoms with Gasteiger partial charge in [-0.1, -0.05) is 6.08 Å². The number of anilines is 1. The molecule has 1 rings (SSSR count). The van der Waals surface area contributed by atoms with E-state index in [1.54, 1.807) is 17.8 Å². The number of halogens is 3. The molecule has 1 aromatic carbocycles. The normalized spacial score (nSPS) is 11.0. The Morgan fingerprint density at radius 2 is 2.19 bits per heavy atom. The first-order valence-corrected chi connectivity index (χ1v) is 7.11. The molecule has 116 valence electrons. The van der Waals surface area contributed by atoms with Crippen LogP contribution in [0.15, 0.2) is 30.9 Å². The highest BCUT2D eigenvalue weighted by molar-refractivity contribution is 7.99. The zero-order chi connectivity index (χ0) is 15.9. The van der Waals surface area contributed by atoms with Gasteiger partial charge in [-0.15, -0.1) is 19.8 Å². The number of alkyl halides is 3. The van der Waals surface area contributed by atoms with Crippen molar-refractivity contribution in [2.24, 2.45) is 0 Å². The lowest BCUT2D eigenvalue weighted by atomic mass is 10.2. The number of nitrogens with one attached hydrogen (secondary N) is 1. The number of ether oxygens (including phenoxy) is 1. The van der Waals surface area contributed by atoms with Crippen LogP contribution in [0.3, 0.4) is 0 Å². The summed E-state index contributed by atoms with van der Waals surface area (Å²) in [5.41, 5.74) is 5.37. The fourth-order valence-electron chi connectivity index (χ4n) is 1.41. The minimum atomic E-state index is -4.82. The van der Waals surface area contributed by atoms with Gasteiger partial charge in [-0.2, -0.15) is 11.8 Å². The highest BCUT2D eigenvalue weighted by Crippen LogP contribution is 2.28. The van der Waals surface area contributed by atoms with Gasteiger partial charge in [0.1, 0.15) is 0 Å². The Morgan fingerprint density at radius 1 is 1.48 bits per heavy atom. The molecule has 0 radical (unpaired) electrons. The van der Waals surface area contributed by atoms with Gasteiger partial charge >= 0.3 is 6.36 Å². The zero-order valence-corrected chi connectivity index (χ0v) is 11.9. The second-order valence-corrected chi connectivity index (χ2v) is 5.07. The smallest absolute Gasteiger partial charge is 0.404 e. The Morgan fingerprint density at radius 3 is 2.76 bits per heavy atom. The molecule has 0 aliphatic heterocycles. The van der Waals surface area contributed by atoms with Crippen molar-refractivity contribution in [1.29, 1.82) is 0 Å². The van der Waals surface area contributed by atoms with E-state index in [2.05, 4.69) is 16.6 Å². The third kappa shape index (κ3) is 6.44. The van der Waals surface area contributed by atoms with Crippen LogP contribution >= 0.6 is 11.8 Å². The number of hydrogen-bond donors (Lipinski definition) is 2. The van der Waals surface area contributed by atoms with Gasteiger partial charge in [-0.3, -0.25) is 4.79 Å². The van der Waals surface area contributed by atoms with Crippen molar-refractivity contribution in [1.82, 2.24) is 5.32 Å². The van der Waals surface area contributed by atoms with Crippen LogP contribution < -0.4 is 15.8 Å². The van der Waals surface area contributed by atoms with Crippen LogP contribution in [-0.2, 0) is 0 Å². The van der Waals surface area contributed by atoms with E-state index in [1.165, 1.54) is 6.07 Å². The largest absolute Gasteiger partial charge is 0.573 e. The number of amides is 1. The first kappa shape index (κ1) is 17.2. The lowest BCUT2D eigenvalue weighted by Gasteiger charge is -2.12. The number of benzene rings is 1. The van der Waals surface area contributed by atoms with Gasteiger partial charge < -0.3 is 15.8 Å². The van der Waals surface area contributed by atoms with E-state index in [-0.39, 0.29) is 11.3 Å². The molecule has 1 aromatic rings. The molecule has 0 saturated carbocycles. The summed E-state index contributed by atoms with van der Waals surface area (Å²) < 4.78 is 40.0. The van der Waals surface area contributed by atoms with Crippen molar-refractivity contribution < 1.29 is 22.7 Å². The molecule has 0 bridgehead atoms. The van der Waals surface area contributed by atoms with Gasteiger partial charge in [0.25, 0.3) is 5.91 Å². The summed E-state index contributed by atoms with van der Waals surface area (Å²) in [7, 11) is 0. The van der Waals surface area contributed by atoms with E-state index in [9.17, 15) is 18.0 Å². The number of carbonyl (C=O) groups is 1.